The van der Waals surface area contributed by atoms with Gasteiger partial charge in [-0.2, -0.15) is 0 Å². The number of nitrogens with zero attached hydrogens (tertiary/aromatic N) is 1. The maximum atomic E-state index is 13.3. The van der Waals surface area contributed by atoms with E-state index in [2.05, 4.69) is 26.2 Å². The van der Waals surface area contributed by atoms with Crippen LogP contribution in [0.5, 0.6) is 0 Å². The van der Waals surface area contributed by atoms with Crippen molar-refractivity contribution in [1.29, 1.82) is 0 Å². The summed E-state index contributed by atoms with van der Waals surface area (Å²) in [6.07, 6.45) is 2.48. The number of aromatic nitrogens is 1. The predicted molar refractivity (Wildman–Crippen MR) is 116 cm³/mol. The fourth-order valence-corrected chi connectivity index (χ4v) is 6.67. The van der Waals surface area contributed by atoms with Gasteiger partial charge in [-0.05, 0) is 58.7 Å². The van der Waals surface area contributed by atoms with E-state index in [4.69, 9.17) is 0 Å². The largest absolute Gasteiger partial charge is 0.345 e. The summed E-state index contributed by atoms with van der Waals surface area (Å²) in [5, 5.41) is 2.69. The summed E-state index contributed by atoms with van der Waals surface area (Å²) >= 11 is 3.26. The third-order valence-electron chi connectivity index (χ3n) is 4.03. The Morgan fingerprint density at radius 1 is 0.897 bits per heavy atom. The fraction of sp³-hybridized carbons (Fsp3) is 0.0500. The van der Waals surface area contributed by atoms with Crippen molar-refractivity contribution in [2.75, 3.05) is 5.32 Å². The Labute approximate surface area is 178 Å². The summed E-state index contributed by atoms with van der Waals surface area (Å²) in [5.41, 5.74) is 0.448. The van der Waals surface area contributed by atoms with Gasteiger partial charge in [-0.15, -0.1) is 0 Å². The van der Waals surface area contributed by atoms with Crippen LogP contribution in [-0.2, 0) is 19.7 Å². The standard InChI is InChI=1S/C20H17BrN2O4S2/c1-15-7-5-6-10-18(15)29(26,27)20(14-23-19-12-11-16(21)13-22-19)28(24,25)17-8-3-2-4-9-17/h2-14H,1H3,(H,22,23). The van der Waals surface area contributed by atoms with Gasteiger partial charge in [0, 0.05) is 16.9 Å². The summed E-state index contributed by atoms with van der Waals surface area (Å²) < 4.78 is 53.1. The lowest BCUT2D eigenvalue weighted by Crippen LogP contribution is -2.17. The molecule has 0 radical (unpaired) electrons. The van der Waals surface area contributed by atoms with Crippen LogP contribution in [0, 0.1) is 6.92 Å². The van der Waals surface area contributed by atoms with Crippen molar-refractivity contribution in [3.63, 3.8) is 0 Å². The average Bonchev–Trinajstić information content (AvgIpc) is 2.70. The number of hydrogen-bond acceptors (Lipinski definition) is 6. The first-order chi connectivity index (χ1) is 13.7. The van der Waals surface area contributed by atoms with E-state index in [0.717, 1.165) is 10.7 Å². The summed E-state index contributed by atoms with van der Waals surface area (Å²) in [6, 6.07) is 17.0. The molecule has 0 atom stereocenters. The van der Waals surface area contributed by atoms with Crippen LogP contribution in [0.4, 0.5) is 5.82 Å². The van der Waals surface area contributed by atoms with Crippen LogP contribution < -0.4 is 5.32 Å². The first-order valence-corrected chi connectivity index (χ1v) is 12.2. The fourth-order valence-electron chi connectivity index (χ4n) is 2.58. The number of benzene rings is 2. The number of hydrogen-bond donors (Lipinski definition) is 1. The Kier molecular flexibility index (Phi) is 6.21. The molecule has 0 aliphatic carbocycles. The molecule has 1 heterocycles. The molecule has 0 aliphatic rings. The van der Waals surface area contributed by atoms with Gasteiger partial charge in [-0.1, -0.05) is 36.4 Å². The lowest BCUT2D eigenvalue weighted by atomic mass is 10.2. The molecule has 3 rings (SSSR count). The van der Waals surface area contributed by atoms with E-state index >= 15 is 0 Å². The van der Waals surface area contributed by atoms with Crippen LogP contribution in [0.1, 0.15) is 5.56 Å². The van der Waals surface area contributed by atoms with E-state index in [0.29, 0.717) is 11.4 Å². The Bertz CT molecular complexity index is 1260. The van der Waals surface area contributed by atoms with E-state index < -0.39 is 23.9 Å². The molecule has 9 heteroatoms. The van der Waals surface area contributed by atoms with Gasteiger partial charge in [0.25, 0.3) is 0 Å². The number of anilines is 1. The highest BCUT2D eigenvalue weighted by atomic mass is 79.9. The summed E-state index contributed by atoms with van der Waals surface area (Å²) in [4.78, 5) is 3.90. The third kappa shape index (κ3) is 4.58. The summed E-state index contributed by atoms with van der Waals surface area (Å²) in [5.74, 6) is 0.300. The van der Waals surface area contributed by atoms with E-state index in [-0.39, 0.29) is 9.79 Å². The zero-order valence-electron chi connectivity index (χ0n) is 15.3. The van der Waals surface area contributed by atoms with Crippen LogP contribution in [0.3, 0.4) is 0 Å². The SMILES string of the molecule is Cc1ccccc1S(=O)(=O)C(=CNc1ccc(Br)cn1)S(=O)(=O)c1ccccc1. The van der Waals surface area contributed by atoms with Crippen molar-refractivity contribution in [3.05, 3.63) is 93.4 Å². The molecule has 0 unspecified atom stereocenters. The van der Waals surface area contributed by atoms with E-state index in [1.165, 1.54) is 36.5 Å². The first-order valence-electron chi connectivity index (χ1n) is 8.42. The van der Waals surface area contributed by atoms with Crippen molar-refractivity contribution in [1.82, 2.24) is 4.98 Å². The van der Waals surface area contributed by atoms with E-state index in [9.17, 15) is 16.8 Å². The molecule has 150 valence electrons. The van der Waals surface area contributed by atoms with Crippen LogP contribution in [0.25, 0.3) is 0 Å². The molecule has 3 aromatic rings. The first kappa shape index (κ1) is 21.2. The van der Waals surface area contributed by atoms with Crippen molar-refractivity contribution in [2.24, 2.45) is 0 Å². The molecule has 29 heavy (non-hydrogen) atoms. The van der Waals surface area contributed by atoms with Gasteiger partial charge >= 0.3 is 0 Å². The molecular formula is C20H17BrN2O4S2. The van der Waals surface area contributed by atoms with Crippen LogP contribution in [0.15, 0.2) is 97.6 Å². The van der Waals surface area contributed by atoms with Crippen molar-refractivity contribution in [2.45, 2.75) is 16.7 Å². The van der Waals surface area contributed by atoms with Crippen LogP contribution in [-0.4, -0.2) is 21.8 Å². The second kappa shape index (κ2) is 8.48. The Morgan fingerprint density at radius 3 is 2.17 bits per heavy atom. The summed E-state index contributed by atoms with van der Waals surface area (Å²) in [6.45, 7) is 1.61. The maximum Gasteiger partial charge on any atom is 0.219 e. The van der Waals surface area contributed by atoms with E-state index in [1.54, 1.807) is 43.3 Å². The Hall–Kier alpha value is -2.49. The monoisotopic (exact) mass is 492 g/mol. The third-order valence-corrected chi connectivity index (χ3v) is 9.04. The Balaban J connectivity index is 2.18. The normalized spacial score (nSPS) is 12.6. The van der Waals surface area contributed by atoms with Crippen molar-refractivity contribution in [3.8, 4) is 0 Å². The minimum absolute atomic E-state index is 0.0729. The second-order valence-electron chi connectivity index (χ2n) is 6.05. The van der Waals surface area contributed by atoms with Gasteiger partial charge in [-0.25, -0.2) is 21.8 Å². The number of halogens is 1. The van der Waals surface area contributed by atoms with Gasteiger partial charge in [0.1, 0.15) is 5.82 Å². The molecule has 0 amide bonds. The lowest BCUT2D eigenvalue weighted by molar-refractivity contribution is 0.594. The minimum Gasteiger partial charge on any atom is -0.345 e. The van der Waals surface area contributed by atoms with Crippen LogP contribution >= 0.6 is 15.9 Å². The smallest absolute Gasteiger partial charge is 0.219 e. The van der Waals surface area contributed by atoms with Gasteiger partial charge in [0.05, 0.1) is 9.79 Å². The highest BCUT2D eigenvalue weighted by molar-refractivity contribution is 9.10. The number of rotatable bonds is 6. The Morgan fingerprint density at radius 2 is 1.55 bits per heavy atom. The maximum absolute atomic E-state index is 13.3. The van der Waals surface area contributed by atoms with Crippen molar-refractivity contribution >= 4 is 41.4 Å². The average molecular weight is 493 g/mol. The zero-order valence-corrected chi connectivity index (χ0v) is 18.5. The molecule has 0 aliphatic heterocycles. The number of sulfone groups is 2. The highest BCUT2D eigenvalue weighted by Crippen LogP contribution is 2.30. The molecule has 2 aromatic carbocycles. The zero-order chi connectivity index (χ0) is 21.1. The second-order valence-corrected chi connectivity index (χ2v) is 11.0. The quantitative estimate of drug-likeness (QED) is 0.550. The highest BCUT2D eigenvalue weighted by Gasteiger charge is 2.34. The molecular weight excluding hydrogens is 476 g/mol. The van der Waals surface area contributed by atoms with Gasteiger partial charge in [0.15, 0.2) is 4.24 Å². The van der Waals surface area contributed by atoms with Crippen molar-refractivity contribution < 1.29 is 16.8 Å². The minimum atomic E-state index is -4.34. The van der Waals surface area contributed by atoms with Gasteiger partial charge in [0.2, 0.25) is 19.7 Å². The van der Waals surface area contributed by atoms with E-state index in [1.807, 2.05) is 0 Å². The molecule has 0 fully saturated rings. The van der Waals surface area contributed by atoms with Gasteiger partial charge in [-0.3, -0.25) is 0 Å². The summed E-state index contributed by atoms with van der Waals surface area (Å²) in [7, 11) is -8.67. The topological polar surface area (TPSA) is 93.2 Å². The molecule has 0 saturated heterocycles. The number of aryl methyl sites for hydroxylation is 1. The van der Waals surface area contributed by atoms with Gasteiger partial charge < -0.3 is 5.32 Å². The molecule has 0 spiro atoms. The number of nitrogens with one attached hydrogen (secondary N) is 1. The molecule has 0 saturated carbocycles. The predicted octanol–water partition coefficient (Wildman–Crippen LogP) is 4.31. The van der Waals surface area contributed by atoms with Crippen LogP contribution in [0.2, 0.25) is 0 Å². The number of pyridine rings is 1. The molecule has 0 bridgehead atoms. The molecule has 1 aromatic heterocycles. The molecule has 1 N–H and O–H groups in total. The molecule has 6 nitrogen and oxygen atoms in total. The lowest BCUT2D eigenvalue weighted by Gasteiger charge is -2.13.